The van der Waals surface area contributed by atoms with Crippen LogP contribution in [0.1, 0.15) is 18.5 Å². The molecule has 1 amide bonds. The van der Waals surface area contributed by atoms with Crippen molar-refractivity contribution in [2.45, 2.75) is 19.1 Å². The molecule has 0 saturated heterocycles. The van der Waals surface area contributed by atoms with Crippen LogP contribution < -0.4 is 11.1 Å². The second-order valence-corrected chi connectivity index (χ2v) is 4.63. The Morgan fingerprint density at radius 2 is 2.29 bits per heavy atom. The highest BCUT2D eigenvalue weighted by Gasteiger charge is 2.15. The standard InChI is InChI=1S/C11H14BrFN2O2/c1-6(15-5-10(16)11(14)17)8-3-2-7(12)4-9(8)13/h2-4,6,10,15-16H,5H2,1H3,(H2,14,17). The van der Waals surface area contributed by atoms with Gasteiger partial charge in [0.2, 0.25) is 5.91 Å². The molecule has 1 aromatic rings. The van der Waals surface area contributed by atoms with Gasteiger partial charge in [-0.1, -0.05) is 22.0 Å². The lowest BCUT2D eigenvalue weighted by molar-refractivity contribution is -0.125. The van der Waals surface area contributed by atoms with Gasteiger partial charge < -0.3 is 16.2 Å². The third-order valence-electron chi connectivity index (χ3n) is 2.37. The average molecular weight is 305 g/mol. The molecule has 0 spiro atoms. The molecule has 0 saturated carbocycles. The number of rotatable bonds is 5. The molecule has 0 aromatic heterocycles. The lowest BCUT2D eigenvalue weighted by Gasteiger charge is -2.16. The molecule has 6 heteroatoms. The first-order valence-corrected chi connectivity index (χ1v) is 5.87. The summed E-state index contributed by atoms with van der Waals surface area (Å²) in [4.78, 5) is 10.6. The first kappa shape index (κ1) is 14.1. The van der Waals surface area contributed by atoms with Crippen molar-refractivity contribution < 1.29 is 14.3 Å². The molecule has 17 heavy (non-hydrogen) atoms. The van der Waals surface area contributed by atoms with E-state index in [-0.39, 0.29) is 18.4 Å². The number of hydrogen-bond acceptors (Lipinski definition) is 3. The number of aliphatic hydroxyl groups excluding tert-OH is 1. The zero-order chi connectivity index (χ0) is 13.0. The molecule has 1 rings (SSSR count). The number of aliphatic hydroxyl groups is 1. The van der Waals surface area contributed by atoms with Crippen LogP contribution in [0, 0.1) is 5.82 Å². The molecular formula is C11H14BrFN2O2. The zero-order valence-electron chi connectivity index (χ0n) is 9.28. The summed E-state index contributed by atoms with van der Waals surface area (Å²) in [6, 6.07) is 4.39. The van der Waals surface area contributed by atoms with Crippen LogP contribution in [0.25, 0.3) is 0 Å². The van der Waals surface area contributed by atoms with E-state index in [2.05, 4.69) is 21.2 Å². The number of amides is 1. The van der Waals surface area contributed by atoms with Gasteiger partial charge in [-0.2, -0.15) is 0 Å². The van der Waals surface area contributed by atoms with Crippen LogP contribution in [0.5, 0.6) is 0 Å². The Morgan fingerprint density at radius 3 is 2.82 bits per heavy atom. The van der Waals surface area contributed by atoms with Crippen LogP contribution in [-0.4, -0.2) is 23.7 Å². The number of carbonyl (C=O) groups excluding carboxylic acids is 1. The minimum absolute atomic E-state index is 0.00793. The van der Waals surface area contributed by atoms with Crippen molar-refractivity contribution in [3.05, 3.63) is 34.1 Å². The van der Waals surface area contributed by atoms with Gasteiger partial charge in [-0.3, -0.25) is 4.79 Å². The monoisotopic (exact) mass is 304 g/mol. The molecule has 0 bridgehead atoms. The van der Waals surface area contributed by atoms with Gasteiger partial charge in [0.1, 0.15) is 11.9 Å². The van der Waals surface area contributed by atoms with Crippen molar-refractivity contribution in [1.29, 1.82) is 0 Å². The fourth-order valence-corrected chi connectivity index (χ4v) is 1.68. The number of hydrogen-bond donors (Lipinski definition) is 3. The van der Waals surface area contributed by atoms with Gasteiger partial charge in [-0.05, 0) is 19.1 Å². The molecular weight excluding hydrogens is 291 g/mol. The Kier molecular flexibility index (Phi) is 5.04. The minimum Gasteiger partial charge on any atom is -0.382 e. The van der Waals surface area contributed by atoms with E-state index in [4.69, 9.17) is 5.73 Å². The van der Waals surface area contributed by atoms with Crippen LogP contribution in [-0.2, 0) is 4.79 Å². The number of nitrogens with one attached hydrogen (secondary N) is 1. The van der Waals surface area contributed by atoms with E-state index in [1.54, 1.807) is 19.1 Å². The molecule has 0 aliphatic heterocycles. The van der Waals surface area contributed by atoms with Crippen LogP contribution in [0.3, 0.4) is 0 Å². The molecule has 0 radical (unpaired) electrons. The second kappa shape index (κ2) is 6.09. The van der Waals surface area contributed by atoms with Gasteiger partial charge in [0.25, 0.3) is 0 Å². The zero-order valence-corrected chi connectivity index (χ0v) is 10.9. The number of primary amides is 1. The van der Waals surface area contributed by atoms with E-state index in [1.807, 2.05) is 0 Å². The molecule has 94 valence electrons. The Hall–Kier alpha value is -0.980. The van der Waals surface area contributed by atoms with Crippen molar-refractivity contribution in [2.75, 3.05) is 6.54 Å². The van der Waals surface area contributed by atoms with Gasteiger partial charge >= 0.3 is 0 Å². The molecule has 0 heterocycles. The Bertz CT molecular complexity index is 414. The maximum Gasteiger partial charge on any atom is 0.247 e. The van der Waals surface area contributed by atoms with Crippen LogP contribution >= 0.6 is 15.9 Å². The topological polar surface area (TPSA) is 75.3 Å². The quantitative estimate of drug-likeness (QED) is 0.762. The predicted octanol–water partition coefficient (Wildman–Crippen LogP) is 1.09. The maximum absolute atomic E-state index is 13.6. The molecule has 1 aromatic carbocycles. The van der Waals surface area contributed by atoms with E-state index < -0.39 is 12.0 Å². The summed E-state index contributed by atoms with van der Waals surface area (Å²) in [6.45, 7) is 1.73. The third-order valence-corrected chi connectivity index (χ3v) is 2.87. The Balaban J connectivity index is 2.64. The highest BCUT2D eigenvalue weighted by atomic mass is 79.9. The SMILES string of the molecule is CC(NCC(O)C(N)=O)c1ccc(Br)cc1F. The molecule has 2 unspecified atom stereocenters. The summed E-state index contributed by atoms with van der Waals surface area (Å²) < 4.78 is 14.2. The van der Waals surface area contributed by atoms with E-state index in [1.165, 1.54) is 6.07 Å². The summed E-state index contributed by atoms with van der Waals surface area (Å²) in [5.41, 5.74) is 5.36. The van der Waals surface area contributed by atoms with Crippen molar-refractivity contribution in [3.8, 4) is 0 Å². The van der Waals surface area contributed by atoms with Crippen molar-refractivity contribution in [3.63, 3.8) is 0 Å². The molecule has 0 aliphatic carbocycles. The summed E-state index contributed by atoms with van der Waals surface area (Å²) in [7, 11) is 0. The Labute approximate surface area is 107 Å². The second-order valence-electron chi connectivity index (χ2n) is 3.71. The van der Waals surface area contributed by atoms with E-state index in [0.29, 0.717) is 10.0 Å². The lowest BCUT2D eigenvalue weighted by Crippen LogP contribution is -2.38. The van der Waals surface area contributed by atoms with Gasteiger partial charge in [0.15, 0.2) is 0 Å². The molecule has 4 nitrogen and oxygen atoms in total. The number of carbonyl (C=O) groups is 1. The van der Waals surface area contributed by atoms with E-state index in [9.17, 15) is 14.3 Å². The van der Waals surface area contributed by atoms with Crippen LogP contribution in [0.4, 0.5) is 4.39 Å². The van der Waals surface area contributed by atoms with Crippen molar-refractivity contribution in [2.24, 2.45) is 5.73 Å². The highest BCUT2D eigenvalue weighted by molar-refractivity contribution is 9.10. The number of benzene rings is 1. The first-order valence-electron chi connectivity index (χ1n) is 5.07. The van der Waals surface area contributed by atoms with Crippen LogP contribution in [0.15, 0.2) is 22.7 Å². The first-order chi connectivity index (χ1) is 7.91. The summed E-state index contributed by atoms with van der Waals surface area (Å²) in [5, 5.41) is 12.0. The molecule has 4 N–H and O–H groups in total. The molecule has 0 aliphatic rings. The van der Waals surface area contributed by atoms with E-state index >= 15 is 0 Å². The van der Waals surface area contributed by atoms with Gasteiger partial charge in [0.05, 0.1) is 0 Å². The molecule has 0 fully saturated rings. The minimum atomic E-state index is -1.27. The third kappa shape index (κ3) is 4.07. The smallest absolute Gasteiger partial charge is 0.247 e. The van der Waals surface area contributed by atoms with Crippen molar-refractivity contribution in [1.82, 2.24) is 5.32 Å². The maximum atomic E-state index is 13.6. The predicted molar refractivity (Wildman–Crippen MR) is 65.7 cm³/mol. The number of nitrogens with two attached hydrogens (primary N) is 1. The highest BCUT2D eigenvalue weighted by Crippen LogP contribution is 2.20. The van der Waals surface area contributed by atoms with Crippen LogP contribution in [0.2, 0.25) is 0 Å². The normalized spacial score (nSPS) is 14.4. The largest absolute Gasteiger partial charge is 0.382 e. The average Bonchev–Trinajstić information content (AvgIpc) is 2.25. The van der Waals surface area contributed by atoms with Gasteiger partial charge in [-0.25, -0.2) is 4.39 Å². The Morgan fingerprint density at radius 1 is 1.65 bits per heavy atom. The van der Waals surface area contributed by atoms with Gasteiger partial charge in [-0.15, -0.1) is 0 Å². The fraction of sp³-hybridized carbons (Fsp3) is 0.364. The van der Waals surface area contributed by atoms with Crippen molar-refractivity contribution >= 4 is 21.8 Å². The summed E-state index contributed by atoms with van der Waals surface area (Å²) in [5.74, 6) is -1.16. The summed E-state index contributed by atoms with van der Waals surface area (Å²) in [6.07, 6.45) is -1.27. The lowest BCUT2D eigenvalue weighted by atomic mass is 10.1. The van der Waals surface area contributed by atoms with E-state index in [0.717, 1.165) is 0 Å². The summed E-state index contributed by atoms with van der Waals surface area (Å²) >= 11 is 3.17. The molecule has 2 atom stereocenters. The number of halogens is 2. The van der Waals surface area contributed by atoms with Gasteiger partial charge in [0, 0.05) is 22.6 Å². The fourth-order valence-electron chi connectivity index (χ4n) is 1.35.